The molecule has 0 aliphatic heterocycles. The lowest BCUT2D eigenvalue weighted by atomic mass is 10.2. The van der Waals surface area contributed by atoms with Crippen LogP contribution in [0.3, 0.4) is 0 Å². The van der Waals surface area contributed by atoms with Crippen LogP contribution < -0.4 is 5.32 Å². The summed E-state index contributed by atoms with van der Waals surface area (Å²) in [7, 11) is 3.51. The van der Waals surface area contributed by atoms with Crippen molar-refractivity contribution in [3.63, 3.8) is 0 Å². The minimum atomic E-state index is 0.418. The molecule has 0 spiro atoms. The van der Waals surface area contributed by atoms with Gasteiger partial charge in [0.25, 0.3) is 0 Å². The molecule has 1 N–H and O–H groups in total. The Hall–Kier alpha value is -0.160. The number of hydrogen-bond acceptors (Lipinski definition) is 4. The van der Waals surface area contributed by atoms with Crippen LogP contribution in [0.5, 0.6) is 0 Å². The van der Waals surface area contributed by atoms with Crippen LogP contribution in [0.15, 0.2) is 0 Å². The van der Waals surface area contributed by atoms with E-state index in [-0.39, 0.29) is 0 Å². The second-order valence-corrected chi connectivity index (χ2v) is 4.64. The molecule has 0 saturated heterocycles. The lowest BCUT2D eigenvalue weighted by Crippen LogP contribution is -2.49. The normalized spacial score (nSPS) is 13.6. The predicted octanol–water partition coefficient (Wildman–Crippen LogP) is 1.36. The maximum Gasteiger partial charge on any atom is 0.0630 e. The minimum absolute atomic E-state index is 0.418. The zero-order valence-electron chi connectivity index (χ0n) is 12.2. The van der Waals surface area contributed by atoms with Crippen molar-refractivity contribution in [2.75, 3.05) is 47.1 Å². The van der Waals surface area contributed by atoms with Gasteiger partial charge in [0.2, 0.25) is 0 Å². The second-order valence-electron chi connectivity index (χ2n) is 4.64. The summed E-state index contributed by atoms with van der Waals surface area (Å²) in [5.41, 5.74) is 0. The highest BCUT2D eigenvalue weighted by Gasteiger charge is 2.20. The molecular weight excluding hydrogens is 216 g/mol. The molecule has 4 heteroatoms. The fraction of sp³-hybridized carbons (Fsp3) is 1.00. The number of ether oxygens (including phenoxy) is 2. The Balaban J connectivity index is 4.25. The van der Waals surface area contributed by atoms with Gasteiger partial charge < -0.3 is 14.8 Å². The third-order valence-corrected chi connectivity index (χ3v) is 2.85. The molecule has 17 heavy (non-hydrogen) atoms. The standard InChI is InChI=1S/C13H30N2O2/c1-6-7-14-10-13(11-17-5)15(12(2)3)8-9-16-4/h12-14H,6-11H2,1-5H3. The van der Waals surface area contributed by atoms with Crippen LogP contribution in [-0.2, 0) is 9.47 Å². The highest BCUT2D eigenvalue weighted by Crippen LogP contribution is 2.05. The van der Waals surface area contributed by atoms with Crippen LogP contribution in [0.25, 0.3) is 0 Å². The highest BCUT2D eigenvalue weighted by molar-refractivity contribution is 4.76. The molecule has 0 aromatic carbocycles. The molecule has 0 aromatic rings. The molecule has 0 amide bonds. The summed E-state index contributed by atoms with van der Waals surface area (Å²) in [5.74, 6) is 0. The fourth-order valence-corrected chi connectivity index (χ4v) is 1.97. The topological polar surface area (TPSA) is 33.7 Å². The van der Waals surface area contributed by atoms with Crippen molar-refractivity contribution in [3.8, 4) is 0 Å². The van der Waals surface area contributed by atoms with Gasteiger partial charge in [0.1, 0.15) is 0 Å². The lowest BCUT2D eigenvalue weighted by molar-refractivity contribution is 0.0485. The molecule has 1 unspecified atom stereocenters. The molecule has 1 atom stereocenters. The maximum atomic E-state index is 5.32. The van der Waals surface area contributed by atoms with Crippen LogP contribution in [0.2, 0.25) is 0 Å². The Labute approximate surface area is 107 Å². The second kappa shape index (κ2) is 11.0. The van der Waals surface area contributed by atoms with E-state index in [0.29, 0.717) is 12.1 Å². The number of methoxy groups -OCH3 is 2. The van der Waals surface area contributed by atoms with E-state index in [0.717, 1.165) is 32.8 Å². The van der Waals surface area contributed by atoms with Gasteiger partial charge in [-0.3, -0.25) is 4.90 Å². The quantitative estimate of drug-likeness (QED) is 0.558. The van der Waals surface area contributed by atoms with E-state index in [1.54, 1.807) is 14.2 Å². The third kappa shape index (κ3) is 7.71. The summed E-state index contributed by atoms with van der Waals surface area (Å²) in [6, 6.07) is 0.926. The minimum Gasteiger partial charge on any atom is -0.383 e. The summed E-state index contributed by atoms with van der Waals surface area (Å²) in [6.07, 6.45) is 1.17. The van der Waals surface area contributed by atoms with Gasteiger partial charge in [-0.15, -0.1) is 0 Å². The van der Waals surface area contributed by atoms with E-state index in [2.05, 4.69) is 31.0 Å². The smallest absolute Gasteiger partial charge is 0.0630 e. The molecule has 0 heterocycles. The van der Waals surface area contributed by atoms with Crippen LogP contribution in [-0.4, -0.2) is 64.1 Å². The van der Waals surface area contributed by atoms with Crippen LogP contribution in [0.1, 0.15) is 27.2 Å². The monoisotopic (exact) mass is 246 g/mol. The van der Waals surface area contributed by atoms with Crippen molar-refractivity contribution in [1.82, 2.24) is 10.2 Å². The van der Waals surface area contributed by atoms with Crippen molar-refractivity contribution in [1.29, 1.82) is 0 Å². The Morgan fingerprint density at radius 1 is 1.18 bits per heavy atom. The van der Waals surface area contributed by atoms with Crippen LogP contribution in [0, 0.1) is 0 Å². The third-order valence-electron chi connectivity index (χ3n) is 2.85. The zero-order chi connectivity index (χ0) is 13.1. The predicted molar refractivity (Wildman–Crippen MR) is 72.5 cm³/mol. The van der Waals surface area contributed by atoms with Crippen molar-refractivity contribution >= 4 is 0 Å². The Morgan fingerprint density at radius 2 is 1.88 bits per heavy atom. The highest BCUT2D eigenvalue weighted by atomic mass is 16.5. The van der Waals surface area contributed by atoms with Gasteiger partial charge in [-0.25, -0.2) is 0 Å². The maximum absolute atomic E-state index is 5.32. The van der Waals surface area contributed by atoms with Gasteiger partial charge in [0, 0.05) is 39.4 Å². The molecule has 0 aromatic heterocycles. The fourth-order valence-electron chi connectivity index (χ4n) is 1.97. The SMILES string of the molecule is CCCNCC(COC)N(CCOC)C(C)C. The van der Waals surface area contributed by atoms with Gasteiger partial charge in [-0.1, -0.05) is 6.92 Å². The summed E-state index contributed by atoms with van der Waals surface area (Å²) in [5, 5.41) is 3.47. The first-order chi connectivity index (χ1) is 8.17. The zero-order valence-corrected chi connectivity index (χ0v) is 12.2. The van der Waals surface area contributed by atoms with Crippen molar-refractivity contribution in [2.45, 2.75) is 39.3 Å². The first-order valence-corrected chi connectivity index (χ1v) is 6.61. The first-order valence-electron chi connectivity index (χ1n) is 6.61. The number of hydrogen-bond donors (Lipinski definition) is 1. The van der Waals surface area contributed by atoms with E-state index in [9.17, 15) is 0 Å². The molecule has 4 nitrogen and oxygen atoms in total. The van der Waals surface area contributed by atoms with Crippen LogP contribution in [0.4, 0.5) is 0 Å². The molecule has 0 saturated carbocycles. The van der Waals surface area contributed by atoms with Gasteiger partial charge in [0.05, 0.1) is 13.2 Å². The summed E-state index contributed by atoms with van der Waals surface area (Å²) >= 11 is 0. The van der Waals surface area contributed by atoms with Crippen molar-refractivity contribution in [2.24, 2.45) is 0 Å². The van der Waals surface area contributed by atoms with Crippen molar-refractivity contribution in [3.05, 3.63) is 0 Å². The van der Waals surface area contributed by atoms with Gasteiger partial charge in [-0.05, 0) is 26.8 Å². The van der Waals surface area contributed by atoms with E-state index < -0.39 is 0 Å². The van der Waals surface area contributed by atoms with E-state index in [1.807, 2.05) is 0 Å². The van der Waals surface area contributed by atoms with Crippen LogP contribution >= 0.6 is 0 Å². The first kappa shape index (κ1) is 16.8. The Morgan fingerprint density at radius 3 is 2.35 bits per heavy atom. The number of nitrogens with one attached hydrogen (secondary N) is 1. The van der Waals surface area contributed by atoms with E-state index in [4.69, 9.17) is 9.47 Å². The van der Waals surface area contributed by atoms with Gasteiger partial charge in [-0.2, -0.15) is 0 Å². The molecule has 104 valence electrons. The Kier molecular flexibility index (Phi) is 10.9. The molecule has 0 aliphatic carbocycles. The summed E-state index contributed by atoms with van der Waals surface area (Å²) < 4.78 is 10.5. The Bertz CT molecular complexity index is 165. The van der Waals surface area contributed by atoms with Crippen molar-refractivity contribution < 1.29 is 9.47 Å². The average molecular weight is 246 g/mol. The molecule has 0 radical (unpaired) electrons. The number of rotatable bonds is 11. The molecule has 0 bridgehead atoms. The summed E-state index contributed by atoms with van der Waals surface area (Å²) in [4.78, 5) is 2.44. The molecule has 0 rings (SSSR count). The average Bonchev–Trinajstić information content (AvgIpc) is 2.29. The van der Waals surface area contributed by atoms with E-state index in [1.165, 1.54) is 6.42 Å². The van der Waals surface area contributed by atoms with Gasteiger partial charge in [0.15, 0.2) is 0 Å². The molecule has 0 fully saturated rings. The largest absolute Gasteiger partial charge is 0.383 e. The lowest BCUT2D eigenvalue weighted by Gasteiger charge is -2.34. The summed E-state index contributed by atoms with van der Waals surface area (Å²) in [6.45, 7) is 11.2. The van der Waals surface area contributed by atoms with E-state index >= 15 is 0 Å². The number of nitrogens with zero attached hydrogens (tertiary/aromatic N) is 1. The molecule has 0 aliphatic rings. The molecular formula is C13H30N2O2. The van der Waals surface area contributed by atoms with Gasteiger partial charge >= 0.3 is 0 Å².